The molecule has 0 radical (unpaired) electrons. The second kappa shape index (κ2) is 5.57. The first-order chi connectivity index (χ1) is 8.99. The molecule has 1 saturated heterocycles. The molecule has 1 amide bonds. The molecule has 0 saturated carbocycles. The number of nitrogens with zero attached hydrogens (tertiary/aromatic N) is 3. The molecule has 0 aliphatic carbocycles. The molecule has 0 bridgehead atoms. The molecule has 5 heteroatoms. The first-order valence-corrected chi connectivity index (χ1v) is 6.71. The first kappa shape index (κ1) is 13.8. The van der Waals surface area contributed by atoms with Gasteiger partial charge in [0.15, 0.2) is 0 Å². The summed E-state index contributed by atoms with van der Waals surface area (Å²) in [6.45, 7) is 8.86. The van der Waals surface area contributed by atoms with E-state index in [0.29, 0.717) is 0 Å². The van der Waals surface area contributed by atoms with Gasteiger partial charge < -0.3 is 15.5 Å². The average Bonchev–Trinajstić information content (AvgIpc) is 2.38. The highest BCUT2D eigenvalue weighted by molar-refractivity contribution is 5.73. The molecule has 1 aliphatic rings. The van der Waals surface area contributed by atoms with E-state index in [1.807, 2.05) is 18.0 Å². The van der Waals surface area contributed by atoms with E-state index in [4.69, 9.17) is 5.73 Å². The number of hydrogen-bond donors (Lipinski definition) is 1. The zero-order valence-electron chi connectivity index (χ0n) is 11.9. The molecule has 0 unspecified atom stereocenters. The number of rotatable bonds is 2. The lowest BCUT2D eigenvalue weighted by Gasteiger charge is -2.35. The minimum atomic E-state index is 0.00908. The van der Waals surface area contributed by atoms with Crippen molar-refractivity contribution in [3.8, 4) is 0 Å². The van der Waals surface area contributed by atoms with Gasteiger partial charge >= 0.3 is 0 Å². The molecular weight excluding hydrogens is 240 g/mol. The lowest BCUT2D eigenvalue weighted by molar-refractivity contribution is -0.129. The van der Waals surface area contributed by atoms with Gasteiger partial charge in [-0.1, -0.05) is 0 Å². The Morgan fingerprint density at radius 3 is 2.47 bits per heavy atom. The molecule has 2 heterocycles. The normalized spacial score (nSPS) is 17.5. The van der Waals surface area contributed by atoms with E-state index >= 15 is 0 Å². The van der Waals surface area contributed by atoms with E-state index in [0.717, 1.165) is 43.1 Å². The SMILES string of the molecule is CC(=O)N1CCN(c2ncc([C@H](C)N)cc2C)CC1. The number of anilines is 1. The Bertz CT molecular complexity index is 465. The smallest absolute Gasteiger partial charge is 0.219 e. The molecule has 5 nitrogen and oxygen atoms in total. The van der Waals surface area contributed by atoms with Gasteiger partial charge in [0.1, 0.15) is 5.82 Å². The molecule has 0 aromatic carbocycles. The molecule has 1 aliphatic heterocycles. The molecule has 19 heavy (non-hydrogen) atoms. The Morgan fingerprint density at radius 1 is 1.37 bits per heavy atom. The van der Waals surface area contributed by atoms with Gasteiger partial charge in [0.05, 0.1) is 0 Å². The van der Waals surface area contributed by atoms with E-state index in [9.17, 15) is 4.79 Å². The summed E-state index contributed by atoms with van der Waals surface area (Å²) >= 11 is 0. The van der Waals surface area contributed by atoms with Gasteiger partial charge in [-0.25, -0.2) is 4.98 Å². The fourth-order valence-electron chi connectivity index (χ4n) is 2.40. The summed E-state index contributed by atoms with van der Waals surface area (Å²) in [4.78, 5) is 20.0. The van der Waals surface area contributed by atoms with Crippen LogP contribution in [0.1, 0.15) is 31.0 Å². The van der Waals surface area contributed by atoms with Gasteiger partial charge in [0.25, 0.3) is 0 Å². The maximum Gasteiger partial charge on any atom is 0.219 e. The van der Waals surface area contributed by atoms with Crippen LogP contribution < -0.4 is 10.6 Å². The van der Waals surface area contributed by atoms with Crippen molar-refractivity contribution in [2.24, 2.45) is 5.73 Å². The van der Waals surface area contributed by atoms with Gasteiger partial charge in [0.2, 0.25) is 5.91 Å². The van der Waals surface area contributed by atoms with Crippen LogP contribution in [0, 0.1) is 6.92 Å². The summed E-state index contributed by atoms with van der Waals surface area (Å²) in [5, 5.41) is 0. The molecular formula is C14H22N4O. The number of carbonyl (C=O) groups is 1. The second-order valence-electron chi connectivity index (χ2n) is 5.19. The third-order valence-electron chi connectivity index (χ3n) is 3.62. The summed E-state index contributed by atoms with van der Waals surface area (Å²) in [6, 6.07) is 2.11. The number of aromatic nitrogens is 1. The Labute approximate surface area is 114 Å². The van der Waals surface area contributed by atoms with Crippen LogP contribution in [-0.2, 0) is 4.79 Å². The fourth-order valence-corrected chi connectivity index (χ4v) is 2.40. The standard InChI is InChI=1S/C14H22N4O/c1-10-8-13(11(2)15)9-16-14(10)18-6-4-17(5-7-18)12(3)19/h8-9,11H,4-7,15H2,1-3H3/t11-/m0/s1. The number of aryl methyl sites for hydroxylation is 1. The highest BCUT2D eigenvalue weighted by Crippen LogP contribution is 2.21. The Hall–Kier alpha value is -1.62. The first-order valence-electron chi connectivity index (χ1n) is 6.71. The Morgan fingerprint density at radius 2 is 2.00 bits per heavy atom. The van der Waals surface area contributed by atoms with Crippen molar-refractivity contribution < 1.29 is 4.79 Å². The molecule has 0 spiro atoms. The predicted molar refractivity (Wildman–Crippen MR) is 76.0 cm³/mol. The molecule has 104 valence electrons. The zero-order chi connectivity index (χ0) is 14.0. The van der Waals surface area contributed by atoms with Crippen molar-refractivity contribution in [3.05, 3.63) is 23.4 Å². The van der Waals surface area contributed by atoms with Crippen LogP contribution in [0.15, 0.2) is 12.3 Å². The van der Waals surface area contributed by atoms with Crippen LogP contribution in [0.4, 0.5) is 5.82 Å². The molecule has 1 atom stereocenters. The van der Waals surface area contributed by atoms with Crippen LogP contribution in [0.2, 0.25) is 0 Å². The quantitative estimate of drug-likeness (QED) is 0.866. The maximum absolute atomic E-state index is 11.3. The Kier molecular flexibility index (Phi) is 4.04. The minimum absolute atomic E-state index is 0.00908. The highest BCUT2D eigenvalue weighted by Gasteiger charge is 2.20. The summed E-state index contributed by atoms with van der Waals surface area (Å²) in [5.41, 5.74) is 8.07. The zero-order valence-corrected chi connectivity index (χ0v) is 11.9. The predicted octanol–water partition coefficient (Wildman–Crippen LogP) is 1.08. The Balaban J connectivity index is 2.09. The van der Waals surface area contributed by atoms with Crippen LogP contribution in [-0.4, -0.2) is 42.0 Å². The van der Waals surface area contributed by atoms with Crippen molar-refractivity contribution in [3.63, 3.8) is 0 Å². The van der Waals surface area contributed by atoms with Crippen LogP contribution in [0.5, 0.6) is 0 Å². The molecule has 1 fully saturated rings. The highest BCUT2D eigenvalue weighted by atomic mass is 16.2. The second-order valence-corrected chi connectivity index (χ2v) is 5.19. The van der Waals surface area contributed by atoms with Gasteiger partial charge in [-0.05, 0) is 31.0 Å². The molecule has 1 aromatic heterocycles. The number of pyridine rings is 1. The third kappa shape index (κ3) is 3.04. The van der Waals surface area contributed by atoms with E-state index in [2.05, 4.69) is 22.9 Å². The van der Waals surface area contributed by atoms with E-state index < -0.39 is 0 Å². The van der Waals surface area contributed by atoms with Crippen LogP contribution >= 0.6 is 0 Å². The van der Waals surface area contributed by atoms with Crippen LogP contribution in [0.3, 0.4) is 0 Å². The van der Waals surface area contributed by atoms with E-state index in [-0.39, 0.29) is 11.9 Å². The van der Waals surface area contributed by atoms with Crippen LogP contribution in [0.25, 0.3) is 0 Å². The van der Waals surface area contributed by atoms with E-state index in [1.54, 1.807) is 6.92 Å². The molecule has 2 N–H and O–H groups in total. The van der Waals surface area contributed by atoms with Gasteiger partial charge in [-0.3, -0.25) is 4.79 Å². The summed E-state index contributed by atoms with van der Waals surface area (Å²) in [7, 11) is 0. The average molecular weight is 262 g/mol. The number of piperazine rings is 1. The summed E-state index contributed by atoms with van der Waals surface area (Å²) in [6.07, 6.45) is 1.85. The van der Waals surface area contributed by atoms with Gasteiger partial charge in [-0.15, -0.1) is 0 Å². The lowest BCUT2D eigenvalue weighted by Crippen LogP contribution is -2.48. The van der Waals surface area contributed by atoms with E-state index in [1.165, 1.54) is 0 Å². The third-order valence-corrected chi connectivity index (χ3v) is 3.62. The number of carbonyl (C=O) groups excluding carboxylic acids is 1. The van der Waals surface area contributed by atoms with Gasteiger partial charge in [-0.2, -0.15) is 0 Å². The monoisotopic (exact) mass is 262 g/mol. The van der Waals surface area contributed by atoms with Crippen molar-refractivity contribution in [2.75, 3.05) is 31.1 Å². The van der Waals surface area contributed by atoms with Crippen molar-refractivity contribution in [2.45, 2.75) is 26.8 Å². The summed E-state index contributed by atoms with van der Waals surface area (Å²) in [5.74, 6) is 1.16. The van der Waals surface area contributed by atoms with Crippen molar-refractivity contribution in [1.29, 1.82) is 0 Å². The van der Waals surface area contributed by atoms with Gasteiger partial charge in [0, 0.05) is 45.3 Å². The number of amides is 1. The maximum atomic E-state index is 11.3. The summed E-state index contributed by atoms with van der Waals surface area (Å²) < 4.78 is 0. The number of nitrogens with two attached hydrogens (primary N) is 1. The van der Waals surface area contributed by atoms with Crippen molar-refractivity contribution in [1.82, 2.24) is 9.88 Å². The lowest BCUT2D eigenvalue weighted by atomic mass is 10.1. The molecule has 2 rings (SSSR count). The fraction of sp³-hybridized carbons (Fsp3) is 0.571. The van der Waals surface area contributed by atoms with Crippen molar-refractivity contribution >= 4 is 11.7 Å². The molecule has 1 aromatic rings. The largest absolute Gasteiger partial charge is 0.353 e. The minimum Gasteiger partial charge on any atom is -0.353 e. The number of hydrogen-bond acceptors (Lipinski definition) is 4. The topological polar surface area (TPSA) is 62.5 Å².